The number of rotatable bonds is 5. The van der Waals surface area contributed by atoms with E-state index in [1.807, 2.05) is 13.8 Å². The smallest absolute Gasteiger partial charge is 0.254 e. The molecule has 3 nitrogen and oxygen atoms in total. The third-order valence-corrected chi connectivity index (χ3v) is 4.42. The molecule has 6 heteroatoms. The maximum atomic E-state index is 13.8. The second kappa shape index (κ2) is 6.87. The zero-order chi connectivity index (χ0) is 16.3. The molecule has 0 atom stereocenters. The van der Waals surface area contributed by atoms with E-state index in [9.17, 15) is 18.7 Å². The Balaban J connectivity index is 2.33. The van der Waals surface area contributed by atoms with Gasteiger partial charge in [0.15, 0.2) is 0 Å². The maximum absolute atomic E-state index is 13.8. The fourth-order valence-corrected chi connectivity index (χ4v) is 3.15. The number of halogens is 2. The number of hydrogen-bond donors (Lipinski definition) is 1. The van der Waals surface area contributed by atoms with Gasteiger partial charge in [-0.15, -0.1) is 11.3 Å². The minimum atomic E-state index is -0.829. The lowest BCUT2D eigenvalue weighted by molar-refractivity contribution is 0.0772. The van der Waals surface area contributed by atoms with Crippen LogP contribution in [-0.2, 0) is 6.42 Å². The molecular weight excluding hydrogens is 308 g/mol. The first-order valence-electron chi connectivity index (χ1n) is 7.00. The van der Waals surface area contributed by atoms with Crippen molar-refractivity contribution in [1.29, 1.82) is 0 Å². The molecule has 118 valence electrons. The number of aromatic hydroxyl groups is 1. The van der Waals surface area contributed by atoms with Gasteiger partial charge in [0.25, 0.3) is 5.91 Å². The standard InChI is InChI=1S/C16H17F2NO2S/c1-3-19(4-2)16(21)11-5-6-22-15(11)9-12-13(18)7-10(17)8-14(12)20/h5-8,20H,3-4,9H2,1-2H3. The summed E-state index contributed by atoms with van der Waals surface area (Å²) in [6, 6.07) is 3.30. The first kappa shape index (κ1) is 16.4. The molecule has 1 heterocycles. The molecule has 0 saturated carbocycles. The molecule has 0 aliphatic rings. The normalized spacial score (nSPS) is 10.7. The fourth-order valence-electron chi connectivity index (χ4n) is 2.27. The zero-order valence-corrected chi connectivity index (χ0v) is 13.2. The molecule has 0 saturated heterocycles. The van der Waals surface area contributed by atoms with Crippen LogP contribution in [0.15, 0.2) is 23.6 Å². The van der Waals surface area contributed by atoms with Crippen molar-refractivity contribution in [3.63, 3.8) is 0 Å². The Hall–Kier alpha value is -1.95. The van der Waals surface area contributed by atoms with Gasteiger partial charge in [-0.05, 0) is 25.3 Å². The van der Waals surface area contributed by atoms with Gasteiger partial charge in [0.05, 0.1) is 5.56 Å². The van der Waals surface area contributed by atoms with Crippen LogP contribution < -0.4 is 0 Å². The van der Waals surface area contributed by atoms with Crippen molar-refractivity contribution in [2.24, 2.45) is 0 Å². The summed E-state index contributed by atoms with van der Waals surface area (Å²) in [6.45, 7) is 4.94. The zero-order valence-electron chi connectivity index (χ0n) is 12.4. The third kappa shape index (κ3) is 3.27. The van der Waals surface area contributed by atoms with E-state index < -0.39 is 17.4 Å². The van der Waals surface area contributed by atoms with Gasteiger partial charge < -0.3 is 10.0 Å². The summed E-state index contributed by atoms with van der Waals surface area (Å²) in [6.07, 6.45) is 0.0535. The molecule has 1 aromatic heterocycles. The molecule has 1 N–H and O–H groups in total. The lowest BCUT2D eigenvalue weighted by Gasteiger charge is -2.19. The van der Waals surface area contributed by atoms with Crippen molar-refractivity contribution in [2.45, 2.75) is 20.3 Å². The fraction of sp³-hybridized carbons (Fsp3) is 0.312. The minimum Gasteiger partial charge on any atom is -0.507 e. The predicted octanol–water partition coefficient (Wildman–Crippen LogP) is 3.80. The van der Waals surface area contributed by atoms with Gasteiger partial charge in [-0.2, -0.15) is 0 Å². The van der Waals surface area contributed by atoms with E-state index in [1.54, 1.807) is 16.3 Å². The van der Waals surface area contributed by atoms with Gasteiger partial charge in [0.1, 0.15) is 17.4 Å². The summed E-state index contributed by atoms with van der Waals surface area (Å²) < 4.78 is 26.9. The number of phenols is 1. The van der Waals surface area contributed by atoms with Crippen LogP contribution in [0.2, 0.25) is 0 Å². The maximum Gasteiger partial charge on any atom is 0.254 e. The summed E-state index contributed by atoms with van der Waals surface area (Å²) in [7, 11) is 0. The number of benzene rings is 1. The first-order chi connectivity index (χ1) is 10.5. The Bertz CT molecular complexity index is 658. The van der Waals surface area contributed by atoms with E-state index >= 15 is 0 Å². The molecule has 2 rings (SSSR count). The summed E-state index contributed by atoms with van der Waals surface area (Å²) >= 11 is 1.31. The number of phenolic OH excluding ortho intramolecular Hbond substituents is 1. The Labute approximate surface area is 131 Å². The number of carbonyl (C=O) groups excluding carboxylic acids is 1. The summed E-state index contributed by atoms with van der Waals surface area (Å²) in [5.41, 5.74) is 0.495. The van der Waals surface area contributed by atoms with Gasteiger partial charge in [-0.25, -0.2) is 8.78 Å². The van der Waals surface area contributed by atoms with Crippen molar-refractivity contribution in [1.82, 2.24) is 4.90 Å². The Kier molecular flexibility index (Phi) is 5.13. The molecule has 0 unspecified atom stereocenters. The molecule has 22 heavy (non-hydrogen) atoms. The highest BCUT2D eigenvalue weighted by molar-refractivity contribution is 7.10. The molecule has 0 radical (unpaired) electrons. The second-order valence-electron chi connectivity index (χ2n) is 4.80. The highest BCUT2D eigenvalue weighted by Crippen LogP contribution is 2.29. The molecule has 2 aromatic rings. The van der Waals surface area contributed by atoms with Crippen molar-refractivity contribution >= 4 is 17.2 Å². The average Bonchev–Trinajstić information content (AvgIpc) is 2.92. The molecular formula is C16H17F2NO2S. The van der Waals surface area contributed by atoms with Crippen molar-refractivity contribution in [3.8, 4) is 5.75 Å². The molecule has 1 amide bonds. The first-order valence-corrected chi connectivity index (χ1v) is 7.88. The van der Waals surface area contributed by atoms with E-state index in [1.165, 1.54) is 11.3 Å². The Morgan fingerprint density at radius 1 is 1.27 bits per heavy atom. The Morgan fingerprint density at radius 2 is 1.95 bits per heavy atom. The van der Waals surface area contributed by atoms with Crippen LogP contribution in [-0.4, -0.2) is 29.0 Å². The number of amides is 1. The van der Waals surface area contributed by atoms with Crippen LogP contribution >= 0.6 is 11.3 Å². The molecule has 0 spiro atoms. The number of thiophene rings is 1. The lowest BCUT2D eigenvalue weighted by Crippen LogP contribution is -2.30. The van der Waals surface area contributed by atoms with Crippen LogP contribution in [0.1, 0.15) is 34.6 Å². The van der Waals surface area contributed by atoms with Gasteiger partial charge in [0.2, 0.25) is 0 Å². The number of nitrogens with zero attached hydrogens (tertiary/aromatic N) is 1. The predicted molar refractivity (Wildman–Crippen MR) is 82.4 cm³/mol. The van der Waals surface area contributed by atoms with E-state index in [2.05, 4.69) is 0 Å². The highest BCUT2D eigenvalue weighted by atomic mass is 32.1. The highest BCUT2D eigenvalue weighted by Gasteiger charge is 2.20. The Morgan fingerprint density at radius 3 is 2.55 bits per heavy atom. The number of carbonyl (C=O) groups is 1. The van der Waals surface area contributed by atoms with E-state index in [-0.39, 0.29) is 17.9 Å². The van der Waals surface area contributed by atoms with Crippen LogP contribution in [0.25, 0.3) is 0 Å². The van der Waals surface area contributed by atoms with E-state index in [0.717, 1.165) is 12.1 Å². The SMILES string of the molecule is CCN(CC)C(=O)c1ccsc1Cc1c(O)cc(F)cc1F. The molecule has 0 fully saturated rings. The third-order valence-electron chi connectivity index (χ3n) is 3.50. The van der Waals surface area contributed by atoms with Crippen molar-refractivity contribution in [2.75, 3.05) is 13.1 Å². The molecule has 0 aliphatic heterocycles. The van der Waals surface area contributed by atoms with E-state index in [0.29, 0.717) is 23.5 Å². The van der Waals surface area contributed by atoms with Gasteiger partial charge in [-0.1, -0.05) is 0 Å². The summed E-state index contributed by atoms with van der Waals surface area (Å²) in [5.74, 6) is -2.20. The van der Waals surface area contributed by atoms with Gasteiger partial charge in [0, 0.05) is 42.1 Å². The van der Waals surface area contributed by atoms with Gasteiger partial charge in [-0.3, -0.25) is 4.79 Å². The monoisotopic (exact) mass is 325 g/mol. The van der Waals surface area contributed by atoms with Crippen LogP contribution in [0.5, 0.6) is 5.75 Å². The lowest BCUT2D eigenvalue weighted by atomic mass is 10.1. The number of hydrogen-bond acceptors (Lipinski definition) is 3. The molecule has 0 bridgehead atoms. The van der Waals surface area contributed by atoms with Crippen molar-refractivity contribution < 1.29 is 18.7 Å². The average molecular weight is 325 g/mol. The van der Waals surface area contributed by atoms with Crippen LogP contribution in [0, 0.1) is 11.6 Å². The van der Waals surface area contributed by atoms with Gasteiger partial charge >= 0.3 is 0 Å². The molecule has 1 aromatic carbocycles. The van der Waals surface area contributed by atoms with Crippen LogP contribution in [0.4, 0.5) is 8.78 Å². The molecule has 0 aliphatic carbocycles. The topological polar surface area (TPSA) is 40.5 Å². The van der Waals surface area contributed by atoms with E-state index in [4.69, 9.17) is 0 Å². The summed E-state index contributed by atoms with van der Waals surface area (Å²) in [5, 5.41) is 11.5. The van der Waals surface area contributed by atoms with Crippen LogP contribution in [0.3, 0.4) is 0 Å². The quantitative estimate of drug-likeness (QED) is 0.908. The minimum absolute atomic E-state index is 0.00236. The van der Waals surface area contributed by atoms with Crippen molar-refractivity contribution in [3.05, 3.63) is 51.2 Å². The summed E-state index contributed by atoms with van der Waals surface area (Å²) in [4.78, 5) is 14.7. The largest absolute Gasteiger partial charge is 0.507 e. The second-order valence-corrected chi connectivity index (χ2v) is 5.80.